The van der Waals surface area contributed by atoms with Crippen LogP contribution in [0.4, 0.5) is 0 Å². The van der Waals surface area contributed by atoms with Crippen LogP contribution in [0.25, 0.3) is 0 Å². The molecule has 3 heteroatoms. The molecular weight excluding hydrogens is 283 g/mol. The molecule has 0 atom stereocenters. The Morgan fingerprint density at radius 3 is 0.952 bits per heavy atom. The van der Waals surface area contributed by atoms with Crippen LogP contribution in [0.1, 0.15) is 0 Å². The Hall–Kier alpha value is -1.16. The zero-order valence-electron chi connectivity index (χ0n) is 12.1. The molecule has 0 saturated carbocycles. The summed E-state index contributed by atoms with van der Waals surface area (Å²) < 4.78 is 0. The van der Waals surface area contributed by atoms with Crippen molar-refractivity contribution in [2.75, 3.05) is 0 Å². The molecule has 1 nitrogen and oxygen atoms in total. The Balaban J connectivity index is 0.00000161. The van der Waals surface area contributed by atoms with Crippen molar-refractivity contribution in [1.29, 1.82) is 0 Å². The van der Waals surface area contributed by atoms with E-state index in [1.165, 1.54) is 0 Å². The fourth-order valence-electron chi connectivity index (χ4n) is 2.54. The van der Waals surface area contributed by atoms with Crippen LogP contribution in [0.3, 0.4) is 0 Å². The van der Waals surface area contributed by atoms with E-state index in [1.807, 2.05) is 91.0 Å². The predicted molar refractivity (Wildman–Crippen MR) is 92.0 cm³/mol. The molecule has 0 aromatic heterocycles. The quantitative estimate of drug-likeness (QED) is 0.570. The van der Waals surface area contributed by atoms with Gasteiger partial charge in [-0.1, -0.05) is 91.0 Å². The van der Waals surface area contributed by atoms with Gasteiger partial charge in [0, 0.05) is 29.6 Å². The van der Waals surface area contributed by atoms with Gasteiger partial charge < -0.3 is 4.80 Å². The van der Waals surface area contributed by atoms with Gasteiger partial charge in [0.15, 0.2) is 0 Å². The number of hydrogen-bond acceptors (Lipinski definition) is 1. The molecule has 0 heterocycles. The molecule has 0 aliphatic heterocycles. The molecule has 3 aromatic carbocycles. The molecule has 0 saturated heterocycles. The second-order valence-corrected chi connectivity index (χ2v) is 7.96. The van der Waals surface area contributed by atoms with E-state index in [-0.39, 0.29) is 29.6 Å². The summed E-state index contributed by atoms with van der Waals surface area (Å²) >= 11 is 0. The summed E-state index contributed by atoms with van der Waals surface area (Å²) in [5.41, 5.74) is 0. The molecule has 0 unspecified atom stereocenters. The van der Waals surface area contributed by atoms with Crippen molar-refractivity contribution in [3.63, 3.8) is 0 Å². The molecule has 0 spiro atoms. The van der Waals surface area contributed by atoms with Gasteiger partial charge in [0.1, 0.15) is 0 Å². The van der Waals surface area contributed by atoms with Crippen LogP contribution in [0, 0.1) is 0 Å². The van der Waals surface area contributed by atoms with Crippen molar-refractivity contribution >= 4 is 53.4 Å². The average molecular weight is 299 g/mol. The summed E-state index contributed by atoms with van der Waals surface area (Å²) in [5.74, 6) is 0. The van der Waals surface area contributed by atoms with Gasteiger partial charge in [0.05, 0.1) is 0 Å². The van der Waals surface area contributed by atoms with Gasteiger partial charge in [0.25, 0.3) is 8.32 Å². The summed E-state index contributed by atoms with van der Waals surface area (Å²) in [5, 5.41) is 3.03. The van der Waals surface area contributed by atoms with E-state index in [4.69, 9.17) is 0 Å². The van der Waals surface area contributed by atoms with Gasteiger partial charge >= 0.3 is 0 Å². The van der Waals surface area contributed by atoms with Crippen LogP contribution < -0.4 is 15.6 Å². The SMILES string of the molecule is O[Si](c1ccccc1)(c1ccccc1)c1ccccc1.[Na]. The van der Waals surface area contributed by atoms with E-state index in [0.717, 1.165) is 15.6 Å². The van der Waals surface area contributed by atoms with Crippen molar-refractivity contribution in [3.8, 4) is 0 Å². The minimum atomic E-state index is -2.88. The smallest absolute Gasteiger partial charge is 0.285 e. The van der Waals surface area contributed by atoms with Crippen LogP contribution in [-0.4, -0.2) is 42.7 Å². The minimum Gasteiger partial charge on any atom is -0.421 e. The first-order valence-electron chi connectivity index (χ1n) is 6.71. The van der Waals surface area contributed by atoms with E-state index >= 15 is 0 Å². The zero-order valence-corrected chi connectivity index (χ0v) is 15.1. The second-order valence-electron chi connectivity index (χ2n) is 4.81. The zero-order chi connectivity index (χ0) is 13.8. The first-order valence-corrected chi connectivity index (χ1v) is 8.65. The number of benzene rings is 3. The van der Waals surface area contributed by atoms with Crippen LogP contribution in [-0.2, 0) is 0 Å². The minimum absolute atomic E-state index is 0. The van der Waals surface area contributed by atoms with E-state index in [9.17, 15) is 4.80 Å². The van der Waals surface area contributed by atoms with Crippen molar-refractivity contribution < 1.29 is 4.80 Å². The molecule has 0 bridgehead atoms. The largest absolute Gasteiger partial charge is 0.421 e. The Morgan fingerprint density at radius 2 is 0.714 bits per heavy atom. The Morgan fingerprint density at radius 1 is 0.476 bits per heavy atom. The molecular formula is C18H16NaOSi. The van der Waals surface area contributed by atoms with Crippen molar-refractivity contribution in [1.82, 2.24) is 0 Å². The summed E-state index contributed by atoms with van der Waals surface area (Å²) in [4.78, 5) is 11.6. The molecule has 0 fully saturated rings. The van der Waals surface area contributed by atoms with Gasteiger partial charge in [-0.3, -0.25) is 0 Å². The van der Waals surface area contributed by atoms with Crippen LogP contribution in [0.15, 0.2) is 91.0 Å². The molecule has 0 aliphatic carbocycles. The monoisotopic (exact) mass is 299 g/mol. The third kappa shape index (κ3) is 3.20. The fraction of sp³-hybridized carbons (Fsp3) is 0. The maximum absolute atomic E-state index is 11.6. The van der Waals surface area contributed by atoms with Crippen LogP contribution in [0.5, 0.6) is 0 Å². The summed E-state index contributed by atoms with van der Waals surface area (Å²) in [6.07, 6.45) is 0. The summed E-state index contributed by atoms with van der Waals surface area (Å²) in [6, 6.07) is 30.0. The van der Waals surface area contributed by atoms with E-state index in [2.05, 4.69) is 0 Å². The van der Waals surface area contributed by atoms with Crippen molar-refractivity contribution in [2.24, 2.45) is 0 Å². The van der Waals surface area contributed by atoms with Gasteiger partial charge in [-0.2, -0.15) is 0 Å². The Kier molecular flexibility index (Phi) is 5.56. The number of rotatable bonds is 3. The van der Waals surface area contributed by atoms with Gasteiger partial charge in [0.2, 0.25) is 0 Å². The third-order valence-corrected chi connectivity index (χ3v) is 7.08. The van der Waals surface area contributed by atoms with E-state index < -0.39 is 8.32 Å². The summed E-state index contributed by atoms with van der Waals surface area (Å²) in [6.45, 7) is 0. The second kappa shape index (κ2) is 7.21. The third-order valence-electron chi connectivity index (χ3n) is 3.57. The maximum Gasteiger partial charge on any atom is 0.285 e. The molecule has 0 amide bonds. The molecule has 1 N–H and O–H groups in total. The molecule has 1 radical (unpaired) electrons. The first-order chi connectivity index (χ1) is 9.82. The molecule has 21 heavy (non-hydrogen) atoms. The van der Waals surface area contributed by atoms with Crippen molar-refractivity contribution in [2.45, 2.75) is 0 Å². The molecule has 99 valence electrons. The molecule has 3 aromatic rings. The predicted octanol–water partition coefficient (Wildman–Crippen LogP) is 1.27. The molecule has 3 rings (SSSR count). The number of hydrogen-bond donors (Lipinski definition) is 1. The van der Waals surface area contributed by atoms with E-state index in [0.29, 0.717) is 0 Å². The van der Waals surface area contributed by atoms with Gasteiger partial charge in [-0.05, 0) is 15.6 Å². The normalized spacial score (nSPS) is 10.7. The Bertz CT molecular complexity index is 575. The fourth-order valence-corrected chi connectivity index (χ4v) is 5.56. The summed E-state index contributed by atoms with van der Waals surface area (Å²) in [7, 11) is -2.88. The van der Waals surface area contributed by atoms with Gasteiger partial charge in [-0.15, -0.1) is 0 Å². The van der Waals surface area contributed by atoms with Crippen LogP contribution in [0.2, 0.25) is 0 Å². The van der Waals surface area contributed by atoms with Crippen molar-refractivity contribution in [3.05, 3.63) is 91.0 Å². The van der Waals surface area contributed by atoms with Crippen LogP contribution >= 0.6 is 0 Å². The van der Waals surface area contributed by atoms with E-state index in [1.54, 1.807) is 0 Å². The molecule has 0 aliphatic rings. The maximum atomic E-state index is 11.6. The average Bonchev–Trinajstić information content (AvgIpc) is 2.56. The Labute approximate surface area is 148 Å². The van der Waals surface area contributed by atoms with Gasteiger partial charge in [-0.25, -0.2) is 0 Å². The first kappa shape index (κ1) is 16.2. The topological polar surface area (TPSA) is 20.2 Å². The standard InChI is InChI=1S/C18H16OSi.Na/c19-20(16-10-4-1-5-11-16,17-12-6-2-7-13-17)18-14-8-3-9-15-18;/h1-15,19H;.